The van der Waals surface area contributed by atoms with Gasteiger partial charge in [-0.1, -0.05) is 0 Å². The molecule has 0 saturated heterocycles. The van der Waals surface area contributed by atoms with Gasteiger partial charge in [-0.15, -0.1) is 11.3 Å². The fourth-order valence-corrected chi connectivity index (χ4v) is 4.43. The molecule has 0 spiro atoms. The number of ketones is 1. The Morgan fingerprint density at radius 3 is 2.70 bits per heavy atom. The average molecular weight is 443 g/mol. The van der Waals surface area contributed by atoms with E-state index >= 15 is 0 Å². The maximum absolute atomic E-state index is 13.2. The molecule has 1 aromatic carbocycles. The summed E-state index contributed by atoms with van der Waals surface area (Å²) in [6.45, 7) is 0.397. The fourth-order valence-electron chi connectivity index (χ4n) is 2.88. The maximum atomic E-state index is 13.2. The molecule has 30 heavy (non-hydrogen) atoms. The topological polar surface area (TPSA) is 80.7 Å². The van der Waals surface area contributed by atoms with E-state index in [9.17, 15) is 19.2 Å². The Labute approximate surface area is 180 Å². The number of thioether (sulfide) groups is 1. The molecule has 0 N–H and O–H groups in total. The van der Waals surface area contributed by atoms with E-state index in [2.05, 4.69) is 5.10 Å². The quantitative estimate of drug-likeness (QED) is 0.413. The minimum atomic E-state index is -0.537. The lowest BCUT2D eigenvalue weighted by Crippen LogP contribution is -2.33. The predicted octanol–water partition coefficient (Wildman–Crippen LogP) is 1.92. The van der Waals surface area contributed by atoms with Crippen LogP contribution in [-0.2, 0) is 13.6 Å². The number of rotatable bonds is 7. The van der Waals surface area contributed by atoms with Gasteiger partial charge in [-0.25, -0.2) is 4.39 Å². The van der Waals surface area contributed by atoms with Crippen molar-refractivity contribution in [3.8, 4) is 6.07 Å². The zero-order valence-corrected chi connectivity index (χ0v) is 18.1. The van der Waals surface area contributed by atoms with Crippen molar-refractivity contribution in [3.63, 3.8) is 0 Å². The van der Waals surface area contributed by atoms with E-state index in [4.69, 9.17) is 0 Å². The molecule has 3 rings (SSSR count). The van der Waals surface area contributed by atoms with Crippen LogP contribution in [0.1, 0.15) is 22.3 Å². The predicted molar refractivity (Wildman–Crippen MR) is 117 cm³/mol. The lowest BCUT2D eigenvalue weighted by atomic mass is 10.1. The van der Waals surface area contributed by atoms with Gasteiger partial charge in [-0.2, -0.15) is 22.1 Å². The van der Waals surface area contributed by atoms with Crippen LogP contribution in [0, 0.1) is 17.1 Å². The number of carbonyl (C=O) groups excluding carboxylic acids is 1. The van der Waals surface area contributed by atoms with Gasteiger partial charge in [0, 0.05) is 30.9 Å². The van der Waals surface area contributed by atoms with Crippen molar-refractivity contribution in [2.75, 3.05) is 12.0 Å². The third kappa shape index (κ3) is 4.78. The first-order valence-electron chi connectivity index (χ1n) is 9.08. The van der Waals surface area contributed by atoms with E-state index in [0.717, 1.165) is 29.1 Å². The van der Waals surface area contributed by atoms with Crippen molar-refractivity contribution < 1.29 is 9.18 Å². The normalized spacial score (nSPS) is 12.7. The molecular weight excluding hydrogens is 423 g/mol. The average Bonchev–Trinajstić information content (AvgIpc) is 3.27. The molecule has 154 valence electrons. The second-order valence-corrected chi connectivity index (χ2v) is 8.51. The second kappa shape index (κ2) is 9.69. The summed E-state index contributed by atoms with van der Waals surface area (Å²) in [7, 11) is 1.78. The van der Waals surface area contributed by atoms with Crippen molar-refractivity contribution in [1.29, 1.82) is 5.26 Å². The first-order chi connectivity index (χ1) is 14.4. The van der Waals surface area contributed by atoms with Gasteiger partial charge in [0.25, 0.3) is 5.56 Å². The zero-order chi connectivity index (χ0) is 21.7. The molecule has 0 fully saturated rings. The molecule has 0 unspecified atom stereocenters. The largest absolute Gasteiger partial charge is 0.298 e. The smallest absolute Gasteiger partial charge is 0.269 e. The first-order valence-corrected chi connectivity index (χ1v) is 11.3. The molecule has 0 aliphatic rings. The zero-order valence-electron chi connectivity index (χ0n) is 16.5. The van der Waals surface area contributed by atoms with Crippen LogP contribution in [0.4, 0.5) is 4.39 Å². The van der Waals surface area contributed by atoms with Gasteiger partial charge in [0.15, 0.2) is 0 Å². The summed E-state index contributed by atoms with van der Waals surface area (Å²) in [4.78, 5) is 26.0. The van der Waals surface area contributed by atoms with E-state index in [1.807, 2.05) is 12.3 Å². The SMILES string of the molecule is CSCCCn1c(=O)/c(=C\c2cnn(C)c2)s/c1=C(/C#N)C(=O)c1ccc(F)cc1. The minimum absolute atomic E-state index is 0.126. The lowest BCUT2D eigenvalue weighted by Gasteiger charge is -2.03. The number of nitriles is 1. The number of thiazole rings is 1. The van der Waals surface area contributed by atoms with Crippen molar-refractivity contribution in [3.05, 3.63) is 73.2 Å². The number of hydrogen-bond donors (Lipinski definition) is 0. The monoisotopic (exact) mass is 442 g/mol. The lowest BCUT2D eigenvalue weighted by molar-refractivity contribution is 0.105. The minimum Gasteiger partial charge on any atom is -0.298 e. The highest BCUT2D eigenvalue weighted by Crippen LogP contribution is 2.10. The number of halogens is 1. The van der Waals surface area contributed by atoms with Crippen LogP contribution in [0.3, 0.4) is 0 Å². The number of aryl methyl sites for hydroxylation is 1. The van der Waals surface area contributed by atoms with Gasteiger partial charge in [0.2, 0.25) is 5.78 Å². The number of nitrogens with zero attached hydrogens (tertiary/aromatic N) is 4. The Bertz CT molecular complexity index is 1280. The Morgan fingerprint density at radius 1 is 1.37 bits per heavy atom. The van der Waals surface area contributed by atoms with Crippen LogP contribution in [0.25, 0.3) is 11.6 Å². The summed E-state index contributed by atoms with van der Waals surface area (Å²) < 4.78 is 17.1. The van der Waals surface area contributed by atoms with Gasteiger partial charge in [0.05, 0.1) is 10.7 Å². The van der Waals surface area contributed by atoms with Crippen molar-refractivity contribution in [1.82, 2.24) is 14.3 Å². The van der Waals surface area contributed by atoms with Gasteiger partial charge < -0.3 is 0 Å². The highest BCUT2D eigenvalue weighted by molar-refractivity contribution is 7.98. The molecule has 0 atom stereocenters. The van der Waals surface area contributed by atoms with Crippen LogP contribution in [0.2, 0.25) is 0 Å². The molecule has 0 aliphatic carbocycles. The number of benzene rings is 1. The second-order valence-electron chi connectivity index (χ2n) is 6.49. The molecule has 0 radical (unpaired) electrons. The van der Waals surface area contributed by atoms with Crippen LogP contribution < -0.4 is 14.8 Å². The third-order valence-corrected chi connectivity index (χ3v) is 6.15. The summed E-state index contributed by atoms with van der Waals surface area (Å²) in [6.07, 6.45) is 7.81. The van der Waals surface area contributed by atoms with E-state index in [1.165, 1.54) is 28.8 Å². The maximum Gasteiger partial charge on any atom is 0.269 e. The number of carbonyl (C=O) groups is 1. The molecule has 2 heterocycles. The van der Waals surface area contributed by atoms with Crippen LogP contribution >= 0.6 is 23.1 Å². The third-order valence-electron chi connectivity index (χ3n) is 4.32. The Kier molecular flexibility index (Phi) is 7.03. The molecule has 0 amide bonds. The molecule has 0 aliphatic heterocycles. The van der Waals surface area contributed by atoms with Gasteiger partial charge in [-0.05, 0) is 48.8 Å². The van der Waals surface area contributed by atoms with Gasteiger partial charge in [-0.3, -0.25) is 18.8 Å². The summed E-state index contributed by atoms with van der Waals surface area (Å²) in [5.74, 6) is -0.161. The van der Waals surface area contributed by atoms with E-state index in [1.54, 1.807) is 42.0 Å². The fraction of sp³-hybridized carbons (Fsp3) is 0.238. The van der Waals surface area contributed by atoms with Crippen molar-refractivity contribution >= 4 is 40.5 Å². The van der Waals surface area contributed by atoms with E-state index in [-0.39, 0.29) is 16.7 Å². The van der Waals surface area contributed by atoms with E-state index < -0.39 is 11.6 Å². The highest BCUT2D eigenvalue weighted by Gasteiger charge is 2.17. The molecule has 0 saturated carbocycles. The highest BCUT2D eigenvalue weighted by atomic mass is 32.2. The molecule has 0 bridgehead atoms. The van der Waals surface area contributed by atoms with Gasteiger partial charge in [0.1, 0.15) is 22.1 Å². The number of aromatic nitrogens is 3. The first kappa shape index (κ1) is 21.7. The molecule has 6 nitrogen and oxygen atoms in total. The van der Waals surface area contributed by atoms with Gasteiger partial charge >= 0.3 is 0 Å². The Morgan fingerprint density at radius 2 is 2.10 bits per heavy atom. The molecule has 2 aromatic heterocycles. The van der Waals surface area contributed by atoms with Crippen molar-refractivity contribution in [2.45, 2.75) is 13.0 Å². The molecule has 3 aromatic rings. The van der Waals surface area contributed by atoms with Crippen molar-refractivity contribution in [2.24, 2.45) is 7.05 Å². The van der Waals surface area contributed by atoms with Crippen LogP contribution in [0.15, 0.2) is 41.5 Å². The standard InChI is InChI=1S/C21H19FN4O2S2/c1-25-13-14(12-24-25)10-18-20(28)26(8-3-9-29-2)21(30-18)17(11-23)19(27)15-4-6-16(22)7-5-15/h4-7,10,12-13H,3,8-9H2,1-2H3/b18-10+,21-17-. The van der Waals surface area contributed by atoms with Crippen LogP contribution in [0.5, 0.6) is 0 Å². The summed E-state index contributed by atoms with van der Waals surface area (Å²) in [5.41, 5.74) is 0.572. The summed E-state index contributed by atoms with van der Waals surface area (Å²) in [6, 6.07) is 6.97. The summed E-state index contributed by atoms with van der Waals surface area (Å²) >= 11 is 2.76. The Balaban J connectivity index is 2.21. The van der Waals surface area contributed by atoms with E-state index in [0.29, 0.717) is 15.7 Å². The molecule has 9 heteroatoms. The Hall–Kier alpha value is -2.96. The van der Waals surface area contributed by atoms with Crippen LogP contribution in [-0.4, -0.2) is 32.1 Å². The summed E-state index contributed by atoms with van der Waals surface area (Å²) in [5, 5.41) is 13.8. The number of Topliss-reactive ketones (excluding diaryl/α,β-unsaturated/α-hetero) is 1. The molecular formula is C21H19FN4O2S2. The number of hydrogen-bond acceptors (Lipinski definition) is 6.